The first-order valence-electron chi connectivity index (χ1n) is 5.41. The van der Waals surface area contributed by atoms with Crippen LogP contribution in [0.1, 0.15) is 24.8 Å². The molecule has 15 heavy (non-hydrogen) atoms. The highest BCUT2D eigenvalue weighted by Crippen LogP contribution is 2.34. The third kappa shape index (κ3) is 2.74. The third-order valence-electron chi connectivity index (χ3n) is 2.90. The van der Waals surface area contributed by atoms with E-state index in [-0.39, 0.29) is 6.61 Å². The van der Waals surface area contributed by atoms with Gasteiger partial charge in [-0.2, -0.15) is 0 Å². The van der Waals surface area contributed by atoms with E-state index in [2.05, 4.69) is 12.1 Å². The fourth-order valence-corrected chi connectivity index (χ4v) is 3.19. The van der Waals surface area contributed by atoms with Gasteiger partial charge in [0.1, 0.15) is 0 Å². The van der Waals surface area contributed by atoms with E-state index in [1.54, 1.807) is 0 Å². The van der Waals surface area contributed by atoms with Crippen molar-refractivity contribution in [1.29, 1.82) is 0 Å². The first kappa shape index (κ1) is 11.0. The summed E-state index contributed by atoms with van der Waals surface area (Å²) >= 11 is 1.87. The van der Waals surface area contributed by atoms with Crippen molar-refractivity contribution < 1.29 is 5.11 Å². The number of rotatable bonds is 3. The molecule has 2 unspecified atom stereocenters. The molecule has 1 aromatic rings. The Bertz CT molecular complexity index is 312. The van der Waals surface area contributed by atoms with Gasteiger partial charge in [-0.1, -0.05) is 18.6 Å². The fourth-order valence-electron chi connectivity index (χ4n) is 1.95. The monoisotopic (exact) mass is 223 g/mol. The molecule has 0 heterocycles. The fraction of sp³-hybridized carbons (Fsp3) is 0.500. The summed E-state index contributed by atoms with van der Waals surface area (Å²) in [5, 5.41) is 9.50. The quantitative estimate of drug-likeness (QED) is 0.825. The van der Waals surface area contributed by atoms with Crippen LogP contribution < -0.4 is 5.73 Å². The molecule has 1 aliphatic carbocycles. The summed E-state index contributed by atoms with van der Waals surface area (Å²) in [4.78, 5) is 1.26. The zero-order chi connectivity index (χ0) is 10.7. The van der Waals surface area contributed by atoms with E-state index >= 15 is 0 Å². The second-order valence-electron chi connectivity index (χ2n) is 4.05. The van der Waals surface area contributed by atoms with Crippen molar-refractivity contribution in [2.45, 2.75) is 42.1 Å². The second-order valence-corrected chi connectivity index (χ2v) is 5.37. The van der Waals surface area contributed by atoms with Crippen molar-refractivity contribution in [1.82, 2.24) is 0 Å². The van der Waals surface area contributed by atoms with Gasteiger partial charge in [0.2, 0.25) is 0 Å². The summed E-state index contributed by atoms with van der Waals surface area (Å²) < 4.78 is 0. The second kappa shape index (κ2) is 5.01. The van der Waals surface area contributed by atoms with E-state index in [0.717, 1.165) is 12.0 Å². The summed E-state index contributed by atoms with van der Waals surface area (Å²) in [6.07, 6.45) is 3.65. The summed E-state index contributed by atoms with van der Waals surface area (Å²) in [7, 11) is 0. The molecule has 0 aliphatic heterocycles. The average Bonchev–Trinajstić information content (AvgIpc) is 2.66. The van der Waals surface area contributed by atoms with Gasteiger partial charge in [-0.25, -0.2) is 0 Å². The highest BCUT2D eigenvalue weighted by molar-refractivity contribution is 8.00. The zero-order valence-corrected chi connectivity index (χ0v) is 9.54. The maximum Gasteiger partial charge on any atom is 0.0681 e. The normalized spacial score (nSPS) is 25.7. The zero-order valence-electron chi connectivity index (χ0n) is 8.73. The van der Waals surface area contributed by atoms with Gasteiger partial charge < -0.3 is 10.8 Å². The van der Waals surface area contributed by atoms with Gasteiger partial charge in [-0.3, -0.25) is 0 Å². The molecule has 82 valence electrons. The first-order valence-corrected chi connectivity index (χ1v) is 6.29. The first-order chi connectivity index (χ1) is 7.29. The van der Waals surface area contributed by atoms with E-state index in [9.17, 15) is 0 Å². The Morgan fingerprint density at radius 3 is 2.53 bits per heavy atom. The Balaban J connectivity index is 1.98. The van der Waals surface area contributed by atoms with Crippen molar-refractivity contribution in [2.24, 2.45) is 5.73 Å². The van der Waals surface area contributed by atoms with Crippen LogP contribution >= 0.6 is 11.8 Å². The third-order valence-corrected chi connectivity index (χ3v) is 4.33. The summed E-state index contributed by atoms with van der Waals surface area (Å²) in [6.45, 7) is 0.119. The minimum atomic E-state index is 0.119. The van der Waals surface area contributed by atoms with Crippen molar-refractivity contribution in [3.8, 4) is 0 Å². The lowest BCUT2D eigenvalue weighted by Gasteiger charge is -2.14. The van der Waals surface area contributed by atoms with Crippen LogP contribution in [0, 0.1) is 0 Å². The Morgan fingerprint density at radius 2 is 2.00 bits per heavy atom. The van der Waals surface area contributed by atoms with Crippen LogP contribution in [0.5, 0.6) is 0 Å². The average molecular weight is 223 g/mol. The Hall–Kier alpha value is -0.510. The number of hydrogen-bond acceptors (Lipinski definition) is 3. The van der Waals surface area contributed by atoms with Crippen molar-refractivity contribution in [3.05, 3.63) is 29.8 Å². The molecule has 1 fully saturated rings. The molecule has 2 rings (SSSR count). The molecule has 2 atom stereocenters. The minimum Gasteiger partial charge on any atom is -0.392 e. The maximum absolute atomic E-state index is 8.93. The predicted octanol–water partition coefficient (Wildman–Crippen LogP) is 2.15. The smallest absolute Gasteiger partial charge is 0.0681 e. The van der Waals surface area contributed by atoms with Gasteiger partial charge in [0, 0.05) is 16.2 Å². The van der Waals surface area contributed by atoms with Crippen LogP contribution in [0.2, 0.25) is 0 Å². The maximum atomic E-state index is 8.93. The van der Waals surface area contributed by atoms with E-state index in [0.29, 0.717) is 11.3 Å². The molecule has 0 spiro atoms. The van der Waals surface area contributed by atoms with Crippen molar-refractivity contribution in [2.75, 3.05) is 0 Å². The van der Waals surface area contributed by atoms with Crippen LogP contribution in [0.25, 0.3) is 0 Å². The molecule has 1 aliphatic rings. The van der Waals surface area contributed by atoms with Gasteiger partial charge in [0.05, 0.1) is 6.61 Å². The molecule has 2 nitrogen and oxygen atoms in total. The van der Waals surface area contributed by atoms with E-state index in [1.807, 2.05) is 23.9 Å². The molecule has 0 saturated heterocycles. The van der Waals surface area contributed by atoms with Gasteiger partial charge in [-0.05, 0) is 30.5 Å². The van der Waals surface area contributed by atoms with Crippen LogP contribution in [0.3, 0.4) is 0 Å². The SMILES string of the molecule is NC1CCCC1Sc1ccc(CO)cc1. The highest BCUT2D eigenvalue weighted by atomic mass is 32.2. The predicted molar refractivity (Wildman–Crippen MR) is 63.8 cm³/mol. The standard InChI is InChI=1S/C12H17NOS/c13-11-2-1-3-12(11)15-10-6-4-9(8-14)5-7-10/h4-7,11-12,14H,1-3,8,13H2. The lowest BCUT2D eigenvalue weighted by molar-refractivity contribution is 0.282. The summed E-state index contributed by atoms with van der Waals surface area (Å²) in [5.74, 6) is 0. The molecule has 1 aromatic carbocycles. The Labute approximate surface area is 94.9 Å². The topological polar surface area (TPSA) is 46.2 Å². The lowest BCUT2D eigenvalue weighted by atomic mass is 10.2. The molecule has 0 amide bonds. The lowest BCUT2D eigenvalue weighted by Crippen LogP contribution is -2.26. The van der Waals surface area contributed by atoms with E-state index in [1.165, 1.54) is 17.7 Å². The van der Waals surface area contributed by atoms with E-state index in [4.69, 9.17) is 10.8 Å². The minimum absolute atomic E-state index is 0.119. The Morgan fingerprint density at radius 1 is 1.27 bits per heavy atom. The summed E-state index contributed by atoms with van der Waals surface area (Å²) in [5.41, 5.74) is 6.99. The van der Waals surface area contributed by atoms with Crippen molar-refractivity contribution in [3.63, 3.8) is 0 Å². The van der Waals surface area contributed by atoms with Gasteiger partial charge in [0.25, 0.3) is 0 Å². The van der Waals surface area contributed by atoms with E-state index < -0.39 is 0 Å². The van der Waals surface area contributed by atoms with Gasteiger partial charge in [-0.15, -0.1) is 11.8 Å². The van der Waals surface area contributed by atoms with Crippen molar-refractivity contribution >= 4 is 11.8 Å². The number of nitrogens with two attached hydrogens (primary N) is 1. The van der Waals surface area contributed by atoms with Crippen LogP contribution in [-0.2, 0) is 6.61 Å². The number of aliphatic hydroxyl groups is 1. The molecular weight excluding hydrogens is 206 g/mol. The number of hydrogen-bond donors (Lipinski definition) is 2. The highest BCUT2D eigenvalue weighted by Gasteiger charge is 2.24. The molecule has 0 bridgehead atoms. The largest absolute Gasteiger partial charge is 0.392 e. The van der Waals surface area contributed by atoms with Crippen LogP contribution in [0.15, 0.2) is 29.2 Å². The van der Waals surface area contributed by atoms with Gasteiger partial charge in [0.15, 0.2) is 0 Å². The molecule has 0 radical (unpaired) electrons. The van der Waals surface area contributed by atoms with Gasteiger partial charge >= 0.3 is 0 Å². The molecule has 1 saturated carbocycles. The number of thioether (sulfide) groups is 1. The summed E-state index contributed by atoms with van der Waals surface area (Å²) in [6, 6.07) is 8.45. The molecule has 3 heteroatoms. The van der Waals surface area contributed by atoms with Crippen LogP contribution in [-0.4, -0.2) is 16.4 Å². The van der Waals surface area contributed by atoms with Crippen LogP contribution in [0.4, 0.5) is 0 Å². The molecule has 0 aromatic heterocycles. The number of aliphatic hydroxyl groups excluding tert-OH is 1. The Kier molecular flexibility index (Phi) is 3.67. The molecule has 3 N–H and O–H groups in total. The molecular formula is C12H17NOS. The number of benzene rings is 1.